The molecule has 0 aromatic carbocycles. The van der Waals surface area contributed by atoms with Gasteiger partial charge in [-0.25, -0.2) is 4.98 Å². The highest BCUT2D eigenvalue weighted by atomic mass is 35.5. The highest BCUT2D eigenvalue weighted by molar-refractivity contribution is 6.28. The molecule has 0 atom stereocenters. The highest BCUT2D eigenvalue weighted by Gasteiger charge is 2.13. The van der Waals surface area contributed by atoms with Crippen LogP contribution in [0, 0.1) is 0 Å². The molecule has 0 bridgehead atoms. The zero-order chi connectivity index (χ0) is 13.1. The lowest BCUT2D eigenvalue weighted by Gasteiger charge is -2.10. The van der Waals surface area contributed by atoms with E-state index in [1.54, 1.807) is 0 Å². The van der Waals surface area contributed by atoms with Gasteiger partial charge in [0.25, 0.3) is 0 Å². The van der Waals surface area contributed by atoms with Crippen molar-refractivity contribution >= 4 is 28.6 Å². The molecular weight excluding hydrogens is 254 g/mol. The molecule has 0 radical (unpaired) electrons. The van der Waals surface area contributed by atoms with Crippen LogP contribution in [0.2, 0.25) is 5.28 Å². The molecule has 2 aromatic heterocycles. The topological polar surface area (TPSA) is 66.9 Å². The van der Waals surface area contributed by atoms with Crippen LogP contribution in [-0.2, 0) is 11.3 Å². The number of hydrogen-bond donors (Lipinski definition) is 1. The van der Waals surface area contributed by atoms with Crippen LogP contribution in [0.25, 0.3) is 11.2 Å². The molecule has 2 rings (SSSR count). The van der Waals surface area contributed by atoms with Gasteiger partial charge in [0.1, 0.15) is 12.4 Å². The third kappa shape index (κ3) is 2.70. The first-order valence-electron chi connectivity index (χ1n) is 5.79. The van der Waals surface area contributed by atoms with Gasteiger partial charge in [-0.05, 0) is 18.0 Å². The van der Waals surface area contributed by atoms with E-state index in [2.05, 4.69) is 26.9 Å². The maximum Gasteiger partial charge on any atom is 0.226 e. The first kappa shape index (κ1) is 13.0. The summed E-state index contributed by atoms with van der Waals surface area (Å²) >= 11 is 5.88. The average Bonchev–Trinajstić information content (AvgIpc) is 2.70. The van der Waals surface area contributed by atoms with Crippen molar-refractivity contribution < 1.29 is 4.74 Å². The van der Waals surface area contributed by atoms with Crippen LogP contribution in [0.1, 0.15) is 19.2 Å². The van der Waals surface area contributed by atoms with Gasteiger partial charge in [0.15, 0.2) is 17.0 Å². The molecule has 98 valence electrons. The van der Waals surface area contributed by atoms with Crippen LogP contribution in [0.15, 0.2) is 0 Å². The van der Waals surface area contributed by atoms with Crippen LogP contribution in [0.3, 0.4) is 0 Å². The number of imidazole rings is 1. The van der Waals surface area contributed by atoms with E-state index >= 15 is 0 Å². The number of halogens is 1. The normalized spacial score (nSPS) is 11.1. The van der Waals surface area contributed by atoms with Crippen molar-refractivity contribution in [3.8, 4) is 0 Å². The largest absolute Gasteiger partial charge is 0.374 e. The summed E-state index contributed by atoms with van der Waals surface area (Å²) in [5.41, 5.74) is 1.34. The van der Waals surface area contributed by atoms with Gasteiger partial charge in [-0.2, -0.15) is 9.97 Å². The Morgan fingerprint density at radius 2 is 2.06 bits per heavy atom. The summed E-state index contributed by atoms with van der Waals surface area (Å²) < 4.78 is 5.44. The van der Waals surface area contributed by atoms with E-state index in [0.717, 1.165) is 12.2 Å². The van der Waals surface area contributed by atoms with Crippen molar-refractivity contribution in [2.45, 2.75) is 20.0 Å². The zero-order valence-electron chi connectivity index (χ0n) is 10.7. The lowest BCUT2D eigenvalue weighted by Crippen LogP contribution is -2.11. The van der Waals surface area contributed by atoms with E-state index in [1.165, 1.54) is 0 Å². The fourth-order valence-electron chi connectivity index (χ4n) is 1.60. The molecule has 0 unspecified atom stereocenters. The SMILES string of the molecule is CCCOCc1nc2c(N(C)C)nc(Cl)nc2[nH]1. The Morgan fingerprint density at radius 3 is 2.72 bits per heavy atom. The van der Waals surface area contributed by atoms with Crippen molar-refractivity contribution in [1.29, 1.82) is 0 Å². The Morgan fingerprint density at radius 1 is 1.28 bits per heavy atom. The molecule has 0 aliphatic carbocycles. The summed E-state index contributed by atoms with van der Waals surface area (Å²) in [7, 11) is 3.78. The molecule has 0 saturated heterocycles. The molecule has 0 aliphatic heterocycles. The zero-order valence-corrected chi connectivity index (χ0v) is 11.5. The summed E-state index contributed by atoms with van der Waals surface area (Å²) in [5.74, 6) is 1.43. The minimum absolute atomic E-state index is 0.205. The van der Waals surface area contributed by atoms with Crippen LogP contribution in [0.4, 0.5) is 5.82 Å². The molecule has 2 heterocycles. The maximum atomic E-state index is 5.88. The molecule has 18 heavy (non-hydrogen) atoms. The molecule has 0 fully saturated rings. The molecule has 7 heteroatoms. The van der Waals surface area contributed by atoms with E-state index in [-0.39, 0.29) is 5.28 Å². The second-order valence-electron chi connectivity index (χ2n) is 4.14. The third-order valence-corrected chi connectivity index (χ3v) is 2.53. The number of nitrogens with one attached hydrogen (secondary N) is 1. The van der Waals surface area contributed by atoms with Gasteiger partial charge in [0.05, 0.1) is 0 Å². The predicted molar refractivity (Wildman–Crippen MR) is 71.0 cm³/mol. The number of ether oxygens (including phenoxy) is 1. The molecule has 0 aliphatic rings. The predicted octanol–water partition coefficient (Wildman–Crippen LogP) is 2.00. The molecule has 0 saturated carbocycles. The Labute approximate surface area is 110 Å². The van der Waals surface area contributed by atoms with E-state index < -0.39 is 0 Å². The van der Waals surface area contributed by atoms with Gasteiger partial charge in [0.2, 0.25) is 5.28 Å². The van der Waals surface area contributed by atoms with Gasteiger partial charge in [-0.1, -0.05) is 6.92 Å². The van der Waals surface area contributed by atoms with Gasteiger partial charge in [0, 0.05) is 20.7 Å². The molecular formula is C11H16ClN5O. The number of fused-ring (bicyclic) bond motifs is 1. The molecule has 1 N–H and O–H groups in total. The van der Waals surface area contributed by atoms with E-state index in [4.69, 9.17) is 16.3 Å². The minimum atomic E-state index is 0.205. The van der Waals surface area contributed by atoms with Crippen LogP contribution in [-0.4, -0.2) is 40.6 Å². The Bertz CT molecular complexity index is 539. The fraction of sp³-hybridized carbons (Fsp3) is 0.545. The second-order valence-corrected chi connectivity index (χ2v) is 4.48. The number of anilines is 1. The summed E-state index contributed by atoms with van der Waals surface area (Å²) in [6, 6.07) is 0. The Balaban J connectivity index is 2.34. The number of nitrogens with zero attached hydrogens (tertiary/aromatic N) is 4. The summed E-state index contributed by atoms with van der Waals surface area (Å²) in [6.07, 6.45) is 0.981. The summed E-state index contributed by atoms with van der Waals surface area (Å²) in [4.78, 5) is 17.7. The third-order valence-electron chi connectivity index (χ3n) is 2.36. The van der Waals surface area contributed by atoms with E-state index in [1.807, 2.05) is 19.0 Å². The van der Waals surface area contributed by atoms with Crippen molar-refractivity contribution in [1.82, 2.24) is 19.9 Å². The molecule has 0 spiro atoms. The first-order valence-corrected chi connectivity index (χ1v) is 6.16. The van der Waals surface area contributed by atoms with E-state index in [0.29, 0.717) is 30.2 Å². The van der Waals surface area contributed by atoms with Crippen molar-refractivity contribution in [2.75, 3.05) is 25.6 Å². The monoisotopic (exact) mass is 269 g/mol. The molecule has 2 aromatic rings. The number of aromatic amines is 1. The molecule has 0 amide bonds. The van der Waals surface area contributed by atoms with Crippen LogP contribution in [0.5, 0.6) is 0 Å². The summed E-state index contributed by atoms with van der Waals surface area (Å²) in [6.45, 7) is 3.22. The van der Waals surface area contributed by atoms with Crippen molar-refractivity contribution in [2.24, 2.45) is 0 Å². The second kappa shape index (κ2) is 5.49. The standard InChI is InChI=1S/C11H16ClN5O/c1-4-5-18-6-7-13-8-9(14-7)15-11(12)16-10(8)17(2)3/h4-6H2,1-3H3,(H,13,14,15,16). The Kier molecular flexibility index (Phi) is 3.98. The number of H-pyrrole nitrogens is 1. The first-order chi connectivity index (χ1) is 8.61. The van der Waals surface area contributed by atoms with Gasteiger partial charge in [-0.15, -0.1) is 0 Å². The highest BCUT2D eigenvalue weighted by Crippen LogP contribution is 2.22. The number of rotatable bonds is 5. The van der Waals surface area contributed by atoms with Gasteiger partial charge >= 0.3 is 0 Å². The van der Waals surface area contributed by atoms with Crippen molar-refractivity contribution in [3.63, 3.8) is 0 Å². The van der Waals surface area contributed by atoms with Gasteiger partial charge < -0.3 is 14.6 Å². The lowest BCUT2D eigenvalue weighted by atomic mass is 10.5. The quantitative estimate of drug-likeness (QED) is 0.664. The van der Waals surface area contributed by atoms with Crippen LogP contribution < -0.4 is 4.90 Å². The Hall–Kier alpha value is -1.40. The number of aromatic nitrogens is 4. The number of hydrogen-bond acceptors (Lipinski definition) is 5. The summed E-state index contributed by atoms with van der Waals surface area (Å²) in [5, 5.41) is 0.205. The average molecular weight is 270 g/mol. The minimum Gasteiger partial charge on any atom is -0.374 e. The van der Waals surface area contributed by atoms with Gasteiger partial charge in [-0.3, -0.25) is 0 Å². The van der Waals surface area contributed by atoms with E-state index in [9.17, 15) is 0 Å². The van der Waals surface area contributed by atoms with Crippen LogP contribution >= 0.6 is 11.6 Å². The molecule has 6 nitrogen and oxygen atoms in total. The smallest absolute Gasteiger partial charge is 0.226 e. The maximum absolute atomic E-state index is 5.88. The fourth-order valence-corrected chi connectivity index (χ4v) is 1.76. The van der Waals surface area contributed by atoms with Crippen molar-refractivity contribution in [3.05, 3.63) is 11.1 Å². The lowest BCUT2D eigenvalue weighted by molar-refractivity contribution is 0.117.